The van der Waals surface area contributed by atoms with Crippen LogP contribution in [0.25, 0.3) is 10.1 Å². The van der Waals surface area contributed by atoms with Crippen molar-refractivity contribution in [2.45, 2.75) is 41.0 Å². The number of thiophene rings is 1. The summed E-state index contributed by atoms with van der Waals surface area (Å²) < 4.78 is 1.44. The lowest BCUT2D eigenvalue weighted by Gasteiger charge is -2.19. The molecule has 0 N–H and O–H groups in total. The highest BCUT2D eigenvalue weighted by atomic mass is 32.1. The third kappa shape index (κ3) is 2.15. The summed E-state index contributed by atoms with van der Waals surface area (Å²) >= 11 is 1.92. The van der Waals surface area contributed by atoms with Crippen molar-refractivity contribution in [3.63, 3.8) is 0 Å². The quantitative estimate of drug-likeness (QED) is 0.641. The van der Waals surface area contributed by atoms with E-state index in [-0.39, 0.29) is 0 Å². The fourth-order valence-corrected chi connectivity index (χ4v) is 3.34. The van der Waals surface area contributed by atoms with Crippen LogP contribution < -0.4 is 0 Å². The van der Waals surface area contributed by atoms with E-state index in [9.17, 15) is 0 Å². The molecular formula is C15H20S. The Labute approximate surface area is 102 Å². The van der Waals surface area contributed by atoms with Gasteiger partial charge < -0.3 is 0 Å². The molecule has 0 aliphatic heterocycles. The molecule has 16 heavy (non-hydrogen) atoms. The van der Waals surface area contributed by atoms with Gasteiger partial charge in [0.05, 0.1) is 0 Å². The molecule has 0 aliphatic carbocycles. The van der Waals surface area contributed by atoms with E-state index in [0.717, 1.165) is 6.42 Å². The van der Waals surface area contributed by atoms with Crippen molar-refractivity contribution in [2.24, 2.45) is 5.41 Å². The molecule has 0 nitrogen and oxygen atoms in total. The van der Waals surface area contributed by atoms with E-state index in [1.807, 2.05) is 11.3 Å². The Hall–Kier alpha value is -0.820. The second-order valence-corrected chi connectivity index (χ2v) is 7.07. The molecule has 0 atom stereocenters. The van der Waals surface area contributed by atoms with Gasteiger partial charge in [0.25, 0.3) is 0 Å². The maximum atomic E-state index is 2.31. The number of benzene rings is 1. The number of hydrogen-bond acceptors (Lipinski definition) is 1. The van der Waals surface area contributed by atoms with Gasteiger partial charge in [-0.2, -0.15) is 0 Å². The van der Waals surface area contributed by atoms with Gasteiger partial charge in [0, 0.05) is 9.58 Å². The minimum Gasteiger partial charge on any atom is -0.140 e. The highest BCUT2D eigenvalue weighted by molar-refractivity contribution is 7.19. The molecule has 0 saturated heterocycles. The smallest absolute Gasteiger partial charge is 0.0351 e. The Morgan fingerprint density at radius 3 is 2.44 bits per heavy atom. The fraction of sp³-hybridized carbons (Fsp3) is 0.467. The zero-order chi connectivity index (χ0) is 11.9. The summed E-state index contributed by atoms with van der Waals surface area (Å²) in [5.74, 6) is 0. The molecule has 86 valence electrons. The van der Waals surface area contributed by atoms with Crippen molar-refractivity contribution in [3.05, 3.63) is 34.2 Å². The van der Waals surface area contributed by atoms with Gasteiger partial charge in [0.15, 0.2) is 0 Å². The minimum atomic E-state index is 0.358. The molecular weight excluding hydrogens is 212 g/mol. The average Bonchev–Trinajstić information content (AvgIpc) is 2.41. The summed E-state index contributed by atoms with van der Waals surface area (Å²) in [6, 6.07) is 6.72. The standard InChI is InChI=1S/C15H20S/c1-10-11(2)16-13-8-6-7-12(14(10)13)9-15(3,4)5/h6-8H,9H2,1-5H3. The van der Waals surface area contributed by atoms with Gasteiger partial charge in [0.1, 0.15) is 0 Å². The van der Waals surface area contributed by atoms with Gasteiger partial charge in [-0.3, -0.25) is 0 Å². The lowest BCUT2D eigenvalue weighted by atomic mass is 9.86. The van der Waals surface area contributed by atoms with E-state index in [1.165, 1.54) is 26.1 Å². The van der Waals surface area contributed by atoms with Gasteiger partial charge in [-0.25, -0.2) is 0 Å². The second-order valence-electron chi connectivity index (χ2n) is 5.81. The van der Waals surface area contributed by atoms with Crippen LogP contribution in [0, 0.1) is 19.3 Å². The van der Waals surface area contributed by atoms with Crippen LogP contribution in [0.4, 0.5) is 0 Å². The topological polar surface area (TPSA) is 0 Å². The molecule has 0 aliphatic rings. The normalized spacial score (nSPS) is 12.3. The first kappa shape index (κ1) is 11.7. The van der Waals surface area contributed by atoms with E-state index in [4.69, 9.17) is 0 Å². The molecule has 0 radical (unpaired) electrons. The Balaban J connectivity index is 2.61. The van der Waals surface area contributed by atoms with Gasteiger partial charge in [-0.05, 0) is 48.3 Å². The van der Waals surface area contributed by atoms with Crippen LogP contribution in [-0.2, 0) is 6.42 Å². The first-order valence-corrected chi connectivity index (χ1v) is 6.68. The molecule has 0 bridgehead atoms. The van der Waals surface area contributed by atoms with Gasteiger partial charge in [0.2, 0.25) is 0 Å². The maximum absolute atomic E-state index is 2.31. The first-order chi connectivity index (χ1) is 7.38. The zero-order valence-corrected chi connectivity index (χ0v) is 11.7. The van der Waals surface area contributed by atoms with Crippen molar-refractivity contribution in [1.82, 2.24) is 0 Å². The summed E-state index contributed by atoms with van der Waals surface area (Å²) in [6.07, 6.45) is 1.15. The molecule has 2 rings (SSSR count). The largest absolute Gasteiger partial charge is 0.140 e. The Kier molecular flexibility index (Phi) is 2.83. The molecule has 1 heteroatoms. The third-order valence-electron chi connectivity index (χ3n) is 3.00. The summed E-state index contributed by atoms with van der Waals surface area (Å²) in [4.78, 5) is 1.45. The van der Waals surface area contributed by atoms with Crippen LogP contribution >= 0.6 is 11.3 Å². The summed E-state index contributed by atoms with van der Waals surface area (Å²) in [5.41, 5.74) is 3.34. The van der Waals surface area contributed by atoms with Crippen LogP contribution in [0.1, 0.15) is 36.8 Å². The molecule has 0 amide bonds. The summed E-state index contributed by atoms with van der Waals surface area (Å²) in [5, 5.41) is 1.50. The van der Waals surface area contributed by atoms with E-state index in [2.05, 4.69) is 52.8 Å². The monoisotopic (exact) mass is 232 g/mol. The molecule has 0 fully saturated rings. The van der Waals surface area contributed by atoms with Crippen molar-refractivity contribution in [2.75, 3.05) is 0 Å². The van der Waals surface area contributed by atoms with Crippen LogP contribution in [-0.4, -0.2) is 0 Å². The van der Waals surface area contributed by atoms with Crippen molar-refractivity contribution in [1.29, 1.82) is 0 Å². The molecule has 0 unspecified atom stereocenters. The highest BCUT2D eigenvalue weighted by Crippen LogP contribution is 2.35. The molecule has 2 aromatic rings. The second kappa shape index (κ2) is 3.89. The van der Waals surface area contributed by atoms with E-state index in [1.54, 1.807) is 0 Å². The SMILES string of the molecule is Cc1sc2cccc(CC(C)(C)C)c2c1C. The predicted molar refractivity (Wildman–Crippen MR) is 74.5 cm³/mol. The van der Waals surface area contributed by atoms with Gasteiger partial charge in [-0.1, -0.05) is 32.9 Å². The third-order valence-corrected chi connectivity index (χ3v) is 4.17. The van der Waals surface area contributed by atoms with Crippen LogP contribution in [0.15, 0.2) is 18.2 Å². The van der Waals surface area contributed by atoms with Gasteiger partial charge >= 0.3 is 0 Å². The lowest BCUT2D eigenvalue weighted by molar-refractivity contribution is 0.412. The van der Waals surface area contributed by atoms with E-state index >= 15 is 0 Å². The highest BCUT2D eigenvalue weighted by Gasteiger charge is 2.15. The number of hydrogen-bond donors (Lipinski definition) is 0. The molecule has 1 aromatic heterocycles. The fourth-order valence-electron chi connectivity index (χ4n) is 2.22. The average molecular weight is 232 g/mol. The van der Waals surface area contributed by atoms with Crippen LogP contribution in [0.3, 0.4) is 0 Å². The predicted octanol–water partition coefficient (Wildman–Crippen LogP) is 5.11. The summed E-state index contributed by atoms with van der Waals surface area (Å²) in [6.45, 7) is 11.4. The molecule has 0 spiro atoms. The maximum Gasteiger partial charge on any atom is 0.0351 e. The molecule has 1 aromatic carbocycles. The Morgan fingerprint density at radius 2 is 1.81 bits per heavy atom. The summed E-state index contributed by atoms with van der Waals surface area (Å²) in [7, 11) is 0. The van der Waals surface area contributed by atoms with Crippen molar-refractivity contribution < 1.29 is 0 Å². The van der Waals surface area contributed by atoms with Crippen molar-refractivity contribution in [3.8, 4) is 0 Å². The number of rotatable bonds is 1. The van der Waals surface area contributed by atoms with Crippen molar-refractivity contribution >= 4 is 21.4 Å². The molecule has 1 heterocycles. The Bertz CT molecular complexity index is 512. The first-order valence-electron chi connectivity index (χ1n) is 5.86. The van der Waals surface area contributed by atoms with Crippen LogP contribution in [0.2, 0.25) is 0 Å². The van der Waals surface area contributed by atoms with E-state index < -0.39 is 0 Å². The van der Waals surface area contributed by atoms with E-state index in [0.29, 0.717) is 5.41 Å². The Morgan fingerprint density at radius 1 is 1.12 bits per heavy atom. The molecule has 0 saturated carbocycles. The van der Waals surface area contributed by atoms with Crippen LogP contribution in [0.5, 0.6) is 0 Å². The number of fused-ring (bicyclic) bond motifs is 1. The minimum absolute atomic E-state index is 0.358. The lowest BCUT2D eigenvalue weighted by Crippen LogP contribution is -2.09. The zero-order valence-electron chi connectivity index (χ0n) is 10.8. The number of aryl methyl sites for hydroxylation is 2. The van der Waals surface area contributed by atoms with Gasteiger partial charge in [-0.15, -0.1) is 11.3 Å².